The molecule has 7 heteroatoms. The van der Waals surface area contributed by atoms with E-state index in [-0.39, 0.29) is 12.0 Å². The van der Waals surface area contributed by atoms with Crippen LogP contribution in [0.4, 0.5) is 5.69 Å². The minimum atomic E-state index is -0.0660. The van der Waals surface area contributed by atoms with Crippen LogP contribution in [0.3, 0.4) is 0 Å². The number of hydrogen-bond acceptors (Lipinski definition) is 5. The van der Waals surface area contributed by atoms with E-state index in [0.717, 1.165) is 59.7 Å². The molecule has 0 bridgehead atoms. The van der Waals surface area contributed by atoms with Crippen LogP contribution in [0, 0.1) is 13.8 Å². The van der Waals surface area contributed by atoms with Gasteiger partial charge in [-0.15, -0.1) is 0 Å². The van der Waals surface area contributed by atoms with Crippen LogP contribution in [-0.2, 0) is 16.1 Å². The molecule has 0 spiro atoms. The van der Waals surface area contributed by atoms with E-state index in [1.54, 1.807) is 0 Å². The van der Waals surface area contributed by atoms with Gasteiger partial charge in [0.15, 0.2) is 5.16 Å². The minimum absolute atomic E-state index is 0.0660. The second-order valence-electron chi connectivity index (χ2n) is 7.59. The van der Waals surface area contributed by atoms with Gasteiger partial charge in [0.25, 0.3) is 0 Å². The summed E-state index contributed by atoms with van der Waals surface area (Å²) in [4.78, 5) is 17.1. The molecule has 3 aromatic rings. The summed E-state index contributed by atoms with van der Waals surface area (Å²) in [7, 11) is 0. The number of aromatic nitrogens is 2. The van der Waals surface area contributed by atoms with Crippen LogP contribution in [0.2, 0.25) is 0 Å². The Labute approximate surface area is 187 Å². The van der Waals surface area contributed by atoms with Crippen LogP contribution in [0.1, 0.15) is 24.2 Å². The molecule has 1 saturated heterocycles. The Balaban J connectivity index is 1.31. The van der Waals surface area contributed by atoms with Crippen LogP contribution in [-0.4, -0.2) is 33.9 Å². The highest BCUT2D eigenvalue weighted by Gasteiger charge is 2.20. The zero-order valence-corrected chi connectivity index (χ0v) is 18.7. The van der Waals surface area contributed by atoms with Crippen molar-refractivity contribution in [2.45, 2.75) is 44.5 Å². The normalized spacial score (nSPS) is 15.7. The van der Waals surface area contributed by atoms with Gasteiger partial charge in [0.05, 0.1) is 24.1 Å². The summed E-state index contributed by atoms with van der Waals surface area (Å²) in [5.74, 6) is 1.73. The lowest BCUT2D eigenvalue weighted by Gasteiger charge is -2.14. The number of thioether (sulfide) groups is 1. The molecule has 4 rings (SSSR count). The highest BCUT2D eigenvalue weighted by atomic mass is 32.2. The molecular formula is C24H27N3O3S. The molecule has 1 N–H and O–H groups in total. The van der Waals surface area contributed by atoms with Gasteiger partial charge < -0.3 is 19.4 Å². The number of imidazole rings is 1. The first-order valence-corrected chi connectivity index (χ1v) is 11.5. The number of amides is 1. The highest BCUT2D eigenvalue weighted by Crippen LogP contribution is 2.25. The Morgan fingerprint density at radius 2 is 1.90 bits per heavy atom. The van der Waals surface area contributed by atoms with Crippen molar-refractivity contribution in [1.82, 2.24) is 9.55 Å². The number of aryl methyl sites for hydroxylation is 1. The molecule has 1 fully saturated rings. The molecule has 6 nitrogen and oxygen atoms in total. The minimum Gasteiger partial charge on any atom is -0.457 e. The zero-order chi connectivity index (χ0) is 21.6. The number of carbonyl (C=O) groups excluding carboxylic acids is 1. The van der Waals surface area contributed by atoms with E-state index in [1.807, 2.05) is 61.5 Å². The number of nitrogens with zero attached hydrogens (tertiary/aromatic N) is 2. The molecule has 162 valence electrons. The number of anilines is 1. The monoisotopic (exact) mass is 437 g/mol. The maximum Gasteiger partial charge on any atom is 0.234 e. The molecule has 0 saturated carbocycles. The topological polar surface area (TPSA) is 65.4 Å². The second kappa shape index (κ2) is 10.0. The van der Waals surface area contributed by atoms with Crippen LogP contribution < -0.4 is 10.1 Å². The average molecular weight is 438 g/mol. The zero-order valence-electron chi connectivity index (χ0n) is 17.8. The lowest BCUT2D eigenvalue weighted by molar-refractivity contribution is -0.113. The third kappa shape index (κ3) is 5.68. The Morgan fingerprint density at radius 3 is 2.61 bits per heavy atom. The van der Waals surface area contributed by atoms with Gasteiger partial charge in [0, 0.05) is 18.0 Å². The summed E-state index contributed by atoms with van der Waals surface area (Å²) in [5, 5.41) is 3.81. The smallest absolute Gasteiger partial charge is 0.234 e. The van der Waals surface area contributed by atoms with Gasteiger partial charge in [-0.3, -0.25) is 4.79 Å². The molecule has 31 heavy (non-hydrogen) atoms. The summed E-state index contributed by atoms with van der Waals surface area (Å²) >= 11 is 1.46. The van der Waals surface area contributed by atoms with Crippen molar-refractivity contribution in [2.75, 3.05) is 17.7 Å². The fraction of sp³-hybridized carbons (Fsp3) is 0.333. The van der Waals surface area contributed by atoms with Crippen molar-refractivity contribution < 1.29 is 14.3 Å². The predicted octanol–water partition coefficient (Wildman–Crippen LogP) is 5.20. The molecule has 1 atom stereocenters. The van der Waals surface area contributed by atoms with Gasteiger partial charge in [-0.05, 0) is 63.1 Å². The Kier molecular flexibility index (Phi) is 6.94. The summed E-state index contributed by atoms with van der Waals surface area (Å²) in [6.45, 7) is 5.70. The predicted molar refractivity (Wildman–Crippen MR) is 123 cm³/mol. The van der Waals surface area contributed by atoms with Gasteiger partial charge in [-0.25, -0.2) is 4.98 Å². The average Bonchev–Trinajstić information content (AvgIpc) is 3.38. The molecule has 1 aliphatic rings. The van der Waals surface area contributed by atoms with E-state index >= 15 is 0 Å². The SMILES string of the molecule is Cc1nc(SCC(=O)Nc2ccc(Oc3ccccc3)cc2)n(CC2CCCO2)c1C. The quantitative estimate of drug-likeness (QED) is 0.491. The third-order valence-corrected chi connectivity index (χ3v) is 6.26. The lowest BCUT2D eigenvalue weighted by Crippen LogP contribution is -2.18. The fourth-order valence-corrected chi connectivity index (χ4v) is 4.40. The van der Waals surface area contributed by atoms with Crippen LogP contribution in [0.5, 0.6) is 11.5 Å². The molecule has 1 aliphatic heterocycles. The molecule has 2 aromatic carbocycles. The van der Waals surface area contributed by atoms with Crippen molar-refractivity contribution >= 4 is 23.4 Å². The van der Waals surface area contributed by atoms with E-state index in [4.69, 9.17) is 9.47 Å². The number of hydrogen-bond donors (Lipinski definition) is 1. The van der Waals surface area contributed by atoms with Gasteiger partial charge in [-0.2, -0.15) is 0 Å². The second-order valence-corrected chi connectivity index (χ2v) is 8.53. The van der Waals surface area contributed by atoms with E-state index in [0.29, 0.717) is 5.75 Å². The van der Waals surface area contributed by atoms with Crippen LogP contribution in [0.15, 0.2) is 59.8 Å². The molecular weight excluding hydrogens is 410 g/mol. The standard InChI is InChI=1S/C24H27N3O3S/c1-17-18(2)27(15-22-9-6-14-29-22)24(25-17)31-16-23(28)26-19-10-12-21(13-11-19)30-20-7-4-3-5-8-20/h3-5,7-8,10-13,22H,6,9,14-16H2,1-2H3,(H,26,28). The number of para-hydroxylation sites is 1. The summed E-state index contributed by atoms with van der Waals surface area (Å²) < 4.78 is 13.7. The number of ether oxygens (including phenoxy) is 2. The molecule has 1 amide bonds. The molecule has 1 unspecified atom stereocenters. The third-order valence-electron chi connectivity index (χ3n) is 5.28. The maximum absolute atomic E-state index is 12.5. The first-order chi connectivity index (χ1) is 15.1. The summed E-state index contributed by atoms with van der Waals surface area (Å²) in [6.07, 6.45) is 2.42. The van der Waals surface area contributed by atoms with Crippen molar-refractivity contribution in [2.24, 2.45) is 0 Å². The number of rotatable bonds is 8. The van der Waals surface area contributed by atoms with E-state index in [9.17, 15) is 4.79 Å². The number of carbonyl (C=O) groups is 1. The van der Waals surface area contributed by atoms with Gasteiger partial charge >= 0.3 is 0 Å². The summed E-state index contributed by atoms with van der Waals surface area (Å²) in [6, 6.07) is 17.0. The van der Waals surface area contributed by atoms with Crippen molar-refractivity contribution in [3.63, 3.8) is 0 Å². The van der Waals surface area contributed by atoms with E-state index in [1.165, 1.54) is 11.8 Å². The maximum atomic E-state index is 12.5. The van der Waals surface area contributed by atoms with Gasteiger partial charge in [0.1, 0.15) is 11.5 Å². The first kappa shape index (κ1) is 21.5. The Hall–Kier alpha value is -2.77. The fourth-order valence-electron chi connectivity index (χ4n) is 3.50. The van der Waals surface area contributed by atoms with E-state index < -0.39 is 0 Å². The lowest BCUT2D eigenvalue weighted by atomic mass is 10.2. The van der Waals surface area contributed by atoms with Crippen LogP contribution >= 0.6 is 11.8 Å². The van der Waals surface area contributed by atoms with Gasteiger partial charge in [-0.1, -0.05) is 30.0 Å². The highest BCUT2D eigenvalue weighted by molar-refractivity contribution is 7.99. The Morgan fingerprint density at radius 1 is 1.16 bits per heavy atom. The van der Waals surface area contributed by atoms with Crippen molar-refractivity contribution in [3.05, 3.63) is 66.0 Å². The van der Waals surface area contributed by atoms with E-state index in [2.05, 4.69) is 21.8 Å². The van der Waals surface area contributed by atoms with Crippen molar-refractivity contribution in [1.29, 1.82) is 0 Å². The largest absolute Gasteiger partial charge is 0.457 e. The van der Waals surface area contributed by atoms with Crippen LogP contribution in [0.25, 0.3) is 0 Å². The first-order valence-electron chi connectivity index (χ1n) is 10.5. The van der Waals surface area contributed by atoms with Crippen molar-refractivity contribution in [3.8, 4) is 11.5 Å². The number of nitrogens with one attached hydrogen (secondary N) is 1. The number of benzene rings is 2. The molecule has 2 heterocycles. The van der Waals surface area contributed by atoms with Gasteiger partial charge in [0.2, 0.25) is 5.91 Å². The molecule has 1 aromatic heterocycles. The molecule has 0 radical (unpaired) electrons. The molecule has 0 aliphatic carbocycles. The summed E-state index contributed by atoms with van der Waals surface area (Å²) in [5.41, 5.74) is 2.86. The Bertz CT molecular complexity index is 1010.